The fourth-order valence-electron chi connectivity index (χ4n) is 1.98. The van der Waals surface area contributed by atoms with E-state index < -0.39 is 0 Å². The van der Waals surface area contributed by atoms with E-state index in [9.17, 15) is 0 Å². The van der Waals surface area contributed by atoms with Crippen molar-refractivity contribution in [2.75, 3.05) is 11.4 Å². The summed E-state index contributed by atoms with van der Waals surface area (Å²) in [5.41, 5.74) is 0. The van der Waals surface area contributed by atoms with Crippen LogP contribution >= 0.6 is 27.3 Å². The molecule has 1 fully saturated rings. The van der Waals surface area contributed by atoms with Crippen LogP contribution in [-0.2, 0) is 0 Å². The molecule has 0 bridgehead atoms. The van der Waals surface area contributed by atoms with Crippen molar-refractivity contribution < 1.29 is 0 Å². The van der Waals surface area contributed by atoms with Gasteiger partial charge in [0, 0.05) is 18.0 Å². The smallest absolute Gasteiger partial charge is 0.186 e. The van der Waals surface area contributed by atoms with E-state index >= 15 is 0 Å². The Kier molecular flexibility index (Phi) is 3.12. The molecule has 1 aliphatic rings. The molecule has 4 heteroatoms. The molecule has 14 heavy (non-hydrogen) atoms. The van der Waals surface area contributed by atoms with E-state index in [0.717, 1.165) is 22.2 Å². The van der Waals surface area contributed by atoms with Gasteiger partial charge in [-0.25, -0.2) is 4.98 Å². The predicted molar refractivity (Wildman–Crippen MR) is 65.0 cm³/mol. The largest absolute Gasteiger partial charge is 0.345 e. The molecule has 2 nitrogen and oxygen atoms in total. The van der Waals surface area contributed by atoms with Crippen LogP contribution in [0.3, 0.4) is 0 Å². The minimum absolute atomic E-state index is 0.627. The lowest BCUT2D eigenvalue weighted by Gasteiger charge is -2.37. The first-order valence-corrected chi connectivity index (χ1v) is 6.73. The molecule has 2 rings (SSSR count). The second-order valence-electron chi connectivity index (χ2n) is 4.01. The number of nitrogens with zero attached hydrogens (tertiary/aromatic N) is 2. The maximum Gasteiger partial charge on any atom is 0.186 e. The summed E-state index contributed by atoms with van der Waals surface area (Å²) in [5, 5.41) is 3.22. The van der Waals surface area contributed by atoms with Crippen molar-refractivity contribution in [3.63, 3.8) is 0 Å². The normalized spacial score (nSPS) is 28.1. The molecule has 1 aromatic rings. The van der Waals surface area contributed by atoms with Crippen LogP contribution in [0.15, 0.2) is 9.98 Å². The quantitative estimate of drug-likeness (QED) is 0.779. The maximum atomic E-state index is 4.48. The molecule has 1 aliphatic heterocycles. The molecule has 78 valence electrons. The van der Waals surface area contributed by atoms with Crippen LogP contribution in [0.4, 0.5) is 5.13 Å². The summed E-state index contributed by atoms with van der Waals surface area (Å²) in [5.74, 6) is 0.784. The van der Waals surface area contributed by atoms with Gasteiger partial charge in [0.05, 0.1) is 0 Å². The number of anilines is 1. The van der Waals surface area contributed by atoms with Crippen LogP contribution in [0.25, 0.3) is 0 Å². The average Bonchev–Trinajstić information content (AvgIpc) is 2.57. The van der Waals surface area contributed by atoms with Gasteiger partial charge >= 0.3 is 0 Å². The van der Waals surface area contributed by atoms with E-state index in [4.69, 9.17) is 0 Å². The van der Waals surface area contributed by atoms with Crippen LogP contribution in [0.1, 0.15) is 26.7 Å². The van der Waals surface area contributed by atoms with E-state index in [-0.39, 0.29) is 0 Å². The van der Waals surface area contributed by atoms with Crippen LogP contribution < -0.4 is 4.90 Å². The summed E-state index contributed by atoms with van der Waals surface area (Å²) in [6.07, 6.45) is 2.65. The van der Waals surface area contributed by atoms with Gasteiger partial charge in [-0.05, 0) is 41.6 Å². The van der Waals surface area contributed by atoms with Gasteiger partial charge in [0.2, 0.25) is 0 Å². The Bertz CT molecular complexity index is 313. The Labute approximate surface area is 97.5 Å². The number of rotatable bonds is 1. The average molecular weight is 275 g/mol. The van der Waals surface area contributed by atoms with Crippen molar-refractivity contribution in [1.82, 2.24) is 4.98 Å². The molecule has 0 radical (unpaired) electrons. The van der Waals surface area contributed by atoms with E-state index in [1.54, 1.807) is 11.3 Å². The fourth-order valence-corrected chi connectivity index (χ4v) is 3.35. The molecule has 0 aliphatic carbocycles. The third-order valence-corrected chi connectivity index (χ3v) is 4.67. The number of piperidine rings is 1. The lowest BCUT2D eigenvalue weighted by molar-refractivity contribution is 0.363. The molecule has 0 aromatic carbocycles. The van der Waals surface area contributed by atoms with Crippen molar-refractivity contribution in [3.8, 4) is 0 Å². The lowest BCUT2D eigenvalue weighted by Crippen LogP contribution is -2.42. The van der Waals surface area contributed by atoms with Gasteiger partial charge in [-0.3, -0.25) is 0 Å². The van der Waals surface area contributed by atoms with Crippen molar-refractivity contribution in [1.29, 1.82) is 0 Å². The summed E-state index contributed by atoms with van der Waals surface area (Å²) in [4.78, 5) is 6.91. The summed E-state index contributed by atoms with van der Waals surface area (Å²) >= 11 is 5.14. The van der Waals surface area contributed by atoms with Gasteiger partial charge in [0.1, 0.15) is 4.60 Å². The lowest BCUT2D eigenvalue weighted by atomic mass is 9.93. The Morgan fingerprint density at radius 1 is 1.57 bits per heavy atom. The molecule has 0 saturated carbocycles. The van der Waals surface area contributed by atoms with Crippen molar-refractivity contribution >= 4 is 32.4 Å². The van der Waals surface area contributed by atoms with Crippen LogP contribution in [0.5, 0.6) is 0 Å². The summed E-state index contributed by atoms with van der Waals surface area (Å²) in [6, 6.07) is 0.627. The molecule has 0 N–H and O–H groups in total. The molecule has 2 atom stereocenters. The maximum absolute atomic E-state index is 4.48. The molecule has 1 saturated heterocycles. The van der Waals surface area contributed by atoms with Gasteiger partial charge in [-0.15, -0.1) is 11.3 Å². The zero-order valence-corrected chi connectivity index (χ0v) is 10.9. The zero-order chi connectivity index (χ0) is 10.1. The molecule has 2 heterocycles. The number of aromatic nitrogens is 1. The van der Waals surface area contributed by atoms with E-state index in [1.807, 2.05) is 0 Å². The highest BCUT2D eigenvalue weighted by atomic mass is 79.9. The summed E-state index contributed by atoms with van der Waals surface area (Å²) in [7, 11) is 0. The SMILES string of the molecule is CC1CCCN(c2nc(Br)cs2)C1C. The van der Waals surface area contributed by atoms with E-state index in [0.29, 0.717) is 6.04 Å². The molecule has 2 unspecified atom stereocenters. The topological polar surface area (TPSA) is 16.1 Å². The third kappa shape index (κ3) is 1.96. The van der Waals surface area contributed by atoms with Crippen LogP contribution in [-0.4, -0.2) is 17.6 Å². The predicted octanol–water partition coefficient (Wildman–Crippen LogP) is 3.53. The molecule has 0 amide bonds. The number of halogens is 1. The van der Waals surface area contributed by atoms with Gasteiger partial charge in [0.25, 0.3) is 0 Å². The van der Waals surface area contributed by atoms with Crippen molar-refractivity contribution in [3.05, 3.63) is 9.98 Å². The highest BCUT2D eigenvalue weighted by Gasteiger charge is 2.26. The minimum atomic E-state index is 0.627. The van der Waals surface area contributed by atoms with Crippen LogP contribution in [0.2, 0.25) is 0 Å². The van der Waals surface area contributed by atoms with Gasteiger partial charge in [-0.2, -0.15) is 0 Å². The summed E-state index contributed by atoms with van der Waals surface area (Å²) < 4.78 is 0.961. The first kappa shape index (κ1) is 10.4. The minimum Gasteiger partial charge on any atom is -0.345 e. The highest BCUT2D eigenvalue weighted by Crippen LogP contribution is 2.31. The second kappa shape index (κ2) is 4.19. The molecule has 1 aromatic heterocycles. The fraction of sp³-hybridized carbons (Fsp3) is 0.700. The van der Waals surface area contributed by atoms with E-state index in [1.165, 1.54) is 12.8 Å². The van der Waals surface area contributed by atoms with E-state index in [2.05, 4.69) is 45.0 Å². The Morgan fingerprint density at radius 3 is 3.00 bits per heavy atom. The highest BCUT2D eigenvalue weighted by molar-refractivity contribution is 9.10. The van der Waals surface area contributed by atoms with Crippen molar-refractivity contribution in [2.24, 2.45) is 5.92 Å². The molecular formula is C10H15BrN2S. The molecular weight excluding hydrogens is 260 g/mol. The van der Waals surface area contributed by atoms with Gasteiger partial charge in [-0.1, -0.05) is 6.92 Å². The Hall–Kier alpha value is -0.0900. The summed E-state index contributed by atoms with van der Waals surface area (Å²) in [6.45, 7) is 5.80. The zero-order valence-electron chi connectivity index (χ0n) is 8.53. The van der Waals surface area contributed by atoms with Gasteiger partial charge in [0.15, 0.2) is 5.13 Å². The van der Waals surface area contributed by atoms with Gasteiger partial charge < -0.3 is 4.90 Å². The number of thiazole rings is 1. The third-order valence-electron chi connectivity index (χ3n) is 3.08. The number of hydrogen-bond acceptors (Lipinski definition) is 3. The second-order valence-corrected chi connectivity index (χ2v) is 5.66. The van der Waals surface area contributed by atoms with Crippen molar-refractivity contribution in [2.45, 2.75) is 32.7 Å². The Morgan fingerprint density at radius 2 is 2.36 bits per heavy atom. The molecule has 0 spiro atoms. The standard InChI is InChI=1S/C10H15BrN2S/c1-7-4-3-5-13(8(7)2)10-12-9(11)6-14-10/h6-8H,3-5H2,1-2H3. The first-order valence-electron chi connectivity index (χ1n) is 5.06. The van der Waals surface area contributed by atoms with Crippen LogP contribution in [0, 0.1) is 5.92 Å². The monoisotopic (exact) mass is 274 g/mol. The number of hydrogen-bond donors (Lipinski definition) is 0. The first-order chi connectivity index (χ1) is 6.68. The Balaban J connectivity index is 2.17.